The highest BCUT2D eigenvalue weighted by Crippen LogP contribution is 2.31. The molecule has 1 fully saturated rings. The van der Waals surface area contributed by atoms with Gasteiger partial charge in [-0.25, -0.2) is 0 Å². The van der Waals surface area contributed by atoms with Crippen molar-refractivity contribution in [3.05, 3.63) is 113 Å². The number of dihydropyridines is 1. The van der Waals surface area contributed by atoms with E-state index in [2.05, 4.69) is 81.9 Å². The molecule has 0 radical (unpaired) electrons. The quantitative estimate of drug-likeness (QED) is 0.511. The van der Waals surface area contributed by atoms with Crippen molar-refractivity contribution in [1.29, 1.82) is 0 Å². The first-order chi connectivity index (χ1) is 19.2. The minimum absolute atomic E-state index is 0.0896. The molecular formula is C33H36N4O2. The van der Waals surface area contributed by atoms with Gasteiger partial charge in [0.25, 0.3) is 5.91 Å². The van der Waals surface area contributed by atoms with Crippen molar-refractivity contribution in [3.8, 4) is 11.1 Å². The number of hydrogen-bond donors (Lipinski definition) is 1. The predicted octanol–water partition coefficient (Wildman–Crippen LogP) is 4.69. The zero-order chi connectivity index (χ0) is 26.4. The maximum absolute atomic E-state index is 13.8. The Morgan fingerprint density at radius 3 is 2.44 bits per heavy atom. The van der Waals surface area contributed by atoms with E-state index in [-0.39, 0.29) is 5.91 Å². The van der Waals surface area contributed by atoms with Crippen LogP contribution in [-0.4, -0.2) is 68.2 Å². The number of rotatable bonds is 6. The Balaban J connectivity index is 1.24. The summed E-state index contributed by atoms with van der Waals surface area (Å²) in [5, 5.41) is 3.24. The highest BCUT2D eigenvalue weighted by molar-refractivity contribution is 5.94. The summed E-state index contributed by atoms with van der Waals surface area (Å²) < 4.78 is 5.47. The van der Waals surface area contributed by atoms with E-state index < -0.39 is 0 Å². The topological polar surface area (TPSA) is 48.1 Å². The van der Waals surface area contributed by atoms with Crippen molar-refractivity contribution in [2.75, 3.05) is 57.4 Å². The van der Waals surface area contributed by atoms with Crippen LogP contribution in [0.25, 0.3) is 11.1 Å². The average molecular weight is 521 g/mol. The van der Waals surface area contributed by atoms with Crippen LogP contribution in [0.5, 0.6) is 0 Å². The Morgan fingerprint density at radius 2 is 1.67 bits per heavy atom. The highest BCUT2D eigenvalue weighted by atomic mass is 16.5. The van der Waals surface area contributed by atoms with Crippen molar-refractivity contribution in [2.24, 2.45) is 0 Å². The van der Waals surface area contributed by atoms with Gasteiger partial charge in [0.15, 0.2) is 0 Å². The Bertz CT molecular complexity index is 1340. The number of carbonyl (C=O) groups excluding carboxylic acids is 1. The molecule has 1 amide bonds. The minimum Gasteiger partial charge on any atom is -0.387 e. The molecule has 1 N–H and O–H groups in total. The first-order valence-corrected chi connectivity index (χ1v) is 13.9. The molecule has 6 rings (SSSR count). The van der Waals surface area contributed by atoms with Crippen LogP contribution >= 0.6 is 0 Å². The summed E-state index contributed by atoms with van der Waals surface area (Å²) in [7, 11) is 0. The Kier molecular flexibility index (Phi) is 7.75. The first-order valence-electron chi connectivity index (χ1n) is 13.9. The van der Waals surface area contributed by atoms with Crippen LogP contribution in [-0.2, 0) is 17.8 Å². The van der Waals surface area contributed by atoms with E-state index in [1.807, 2.05) is 29.3 Å². The number of hydrogen-bond acceptors (Lipinski definition) is 5. The van der Waals surface area contributed by atoms with E-state index in [0.29, 0.717) is 13.1 Å². The molecule has 39 heavy (non-hydrogen) atoms. The minimum atomic E-state index is 0.0896. The van der Waals surface area contributed by atoms with Crippen LogP contribution in [0.1, 0.15) is 21.5 Å². The third-order valence-electron chi connectivity index (χ3n) is 7.80. The molecule has 6 nitrogen and oxygen atoms in total. The molecule has 3 aliphatic heterocycles. The lowest BCUT2D eigenvalue weighted by molar-refractivity contribution is 0.0342. The van der Waals surface area contributed by atoms with Gasteiger partial charge in [0, 0.05) is 63.6 Å². The number of carbonyl (C=O) groups is 1. The van der Waals surface area contributed by atoms with Gasteiger partial charge in [0.1, 0.15) is 0 Å². The van der Waals surface area contributed by atoms with E-state index >= 15 is 0 Å². The third-order valence-corrected chi connectivity index (χ3v) is 7.80. The van der Waals surface area contributed by atoms with Crippen molar-refractivity contribution >= 4 is 11.6 Å². The molecule has 3 heterocycles. The normalized spacial score (nSPS) is 17.7. The Hall–Kier alpha value is -3.87. The summed E-state index contributed by atoms with van der Waals surface area (Å²) in [6.07, 6.45) is 6.41. The Morgan fingerprint density at radius 1 is 0.846 bits per heavy atom. The number of fused-ring (bicyclic) bond motifs is 1. The molecule has 3 aromatic carbocycles. The van der Waals surface area contributed by atoms with Crippen LogP contribution < -0.4 is 10.2 Å². The van der Waals surface area contributed by atoms with Crippen LogP contribution in [0.2, 0.25) is 0 Å². The van der Waals surface area contributed by atoms with Gasteiger partial charge in [0.2, 0.25) is 0 Å². The zero-order valence-corrected chi connectivity index (χ0v) is 22.4. The number of benzene rings is 3. The number of anilines is 1. The van der Waals surface area contributed by atoms with Crippen molar-refractivity contribution in [1.82, 2.24) is 15.1 Å². The van der Waals surface area contributed by atoms with Gasteiger partial charge in [-0.05, 0) is 64.4 Å². The Labute approximate surface area is 231 Å². The van der Waals surface area contributed by atoms with E-state index in [9.17, 15) is 4.79 Å². The van der Waals surface area contributed by atoms with Crippen LogP contribution in [0.4, 0.5) is 5.69 Å². The fraction of sp³-hybridized carbons (Fsp3) is 0.303. The van der Waals surface area contributed by atoms with Crippen LogP contribution in [0, 0.1) is 0 Å². The van der Waals surface area contributed by atoms with Gasteiger partial charge in [-0.1, -0.05) is 54.6 Å². The molecular weight excluding hydrogens is 484 g/mol. The summed E-state index contributed by atoms with van der Waals surface area (Å²) in [6.45, 7) is 8.14. The van der Waals surface area contributed by atoms with E-state index in [1.54, 1.807) is 0 Å². The fourth-order valence-electron chi connectivity index (χ4n) is 5.60. The van der Waals surface area contributed by atoms with Gasteiger partial charge < -0.3 is 19.9 Å². The van der Waals surface area contributed by atoms with Gasteiger partial charge in [-0.2, -0.15) is 0 Å². The second-order valence-electron chi connectivity index (χ2n) is 10.5. The molecule has 0 aromatic heterocycles. The maximum atomic E-state index is 13.8. The fourth-order valence-corrected chi connectivity index (χ4v) is 5.60. The lowest BCUT2D eigenvalue weighted by Gasteiger charge is -2.27. The second-order valence-corrected chi connectivity index (χ2v) is 10.5. The molecule has 0 bridgehead atoms. The average Bonchev–Trinajstić information content (AvgIpc) is 3.18. The standard InChI is InChI=1S/C33H36N4O2/c38-33(29-8-6-26(7-9-29)23-35-18-20-39-21-19-35)37-17-16-36(24-27-12-14-34-15-13-27)32-11-10-30(22-31(32)25-37)28-4-2-1-3-5-28/h1-14,22,34H,15-21,23-25H2. The highest BCUT2D eigenvalue weighted by Gasteiger charge is 2.25. The van der Waals surface area contributed by atoms with Crippen molar-refractivity contribution in [2.45, 2.75) is 13.1 Å². The number of morpholine rings is 1. The smallest absolute Gasteiger partial charge is 0.254 e. The molecule has 3 aromatic rings. The van der Waals surface area contributed by atoms with Crippen molar-refractivity contribution in [3.63, 3.8) is 0 Å². The number of amides is 1. The summed E-state index contributed by atoms with van der Waals surface area (Å²) in [5.41, 5.74) is 8.03. The lowest BCUT2D eigenvalue weighted by atomic mass is 10.0. The van der Waals surface area contributed by atoms with E-state index in [1.165, 1.54) is 33.5 Å². The third kappa shape index (κ3) is 6.08. The summed E-state index contributed by atoms with van der Waals surface area (Å²) in [4.78, 5) is 20.6. The number of nitrogens with zero attached hydrogens (tertiary/aromatic N) is 3. The summed E-state index contributed by atoms with van der Waals surface area (Å²) in [6, 6.07) is 25.4. The SMILES string of the molecule is O=C(c1ccc(CN2CCOCC2)cc1)N1CCN(CC2=CCNC=C2)c2ccc(-c3ccccc3)cc2C1. The lowest BCUT2D eigenvalue weighted by Crippen LogP contribution is -2.36. The summed E-state index contributed by atoms with van der Waals surface area (Å²) in [5.74, 6) is 0.0896. The maximum Gasteiger partial charge on any atom is 0.254 e. The van der Waals surface area contributed by atoms with E-state index in [0.717, 1.165) is 58.0 Å². The van der Waals surface area contributed by atoms with Gasteiger partial charge in [-0.15, -0.1) is 0 Å². The molecule has 200 valence electrons. The molecule has 6 heteroatoms. The van der Waals surface area contributed by atoms with Crippen LogP contribution in [0.3, 0.4) is 0 Å². The van der Waals surface area contributed by atoms with Crippen LogP contribution in [0.15, 0.2) is 96.7 Å². The van der Waals surface area contributed by atoms with E-state index in [4.69, 9.17) is 4.74 Å². The van der Waals surface area contributed by atoms with Gasteiger partial charge >= 0.3 is 0 Å². The molecule has 0 spiro atoms. The second kappa shape index (κ2) is 11.9. The summed E-state index contributed by atoms with van der Waals surface area (Å²) >= 11 is 0. The van der Waals surface area contributed by atoms with Gasteiger partial charge in [0.05, 0.1) is 13.2 Å². The monoisotopic (exact) mass is 520 g/mol. The predicted molar refractivity (Wildman–Crippen MR) is 157 cm³/mol. The molecule has 0 unspecified atom stereocenters. The largest absolute Gasteiger partial charge is 0.387 e. The number of nitrogens with one attached hydrogen (secondary N) is 1. The zero-order valence-electron chi connectivity index (χ0n) is 22.4. The first kappa shape index (κ1) is 25.4. The van der Waals surface area contributed by atoms with Crippen molar-refractivity contribution < 1.29 is 9.53 Å². The molecule has 0 saturated carbocycles. The molecule has 0 aliphatic carbocycles. The number of ether oxygens (including phenoxy) is 1. The molecule has 0 atom stereocenters. The molecule has 3 aliphatic rings. The molecule has 1 saturated heterocycles. The van der Waals surface area contributed by atoms with Gasteiger partial charge in [-0.3, -0.25) is 9.69 Å².